The van der Waals surface area contributed by atoms with Crippen LogP contribution in [0.4, 0.5) is 5.69 Å². The Labute approximate surface area is 144 Å². The lowest BCUT2D eigenvalue weighted by atomic mass is 10.1. The third kappa shape index (κ3) is 3.90. The molecule has 1 fully saturated rings. The second-order valence-corrected chi connectivity index (χ2v) is 7.49. The third-order valence-corrected chi connectivity index (χ3v) is 5.32. The second-order valence-electron chi connectivity index (χ2n) is 5.47. The smallest absolute Gasteiger partial charge is 0.277 e. The topological polar surface area (TPSA) is 59.2 Å². The summed E-state index contributed by atoms with van der Waals surface area (Å²) >= 11 is 3.01. The van der Waals surface area contributed by atoms with Gasteiger partial charge in [-0.2, -0.15) is 11.8 Å². The molecule has 1 unspecified atom stereocenters. The van der Waals surface area contributed by atoms with Crippen LogP contribution >= 0.6 is 23.5 Å². The zero-order chi connectivity index (χ0) is 16.2. The number of carbonyl (C=O) groups is 1. The summed E-state index contributed by atoms with van der Waals surface area (Å²) in [6.07, 6.45) is 3.80. The van der Waals surface area contributed by atoms with Gasteiger partial charge in [-0.15, -0.1) is 10.2 Å². The minimum Gasteiger partial charge on any atom is -0.415 e. The van der Waals surface area contributed by atoms with Crippen LogP contribution in [0.3, 0.4) is 0 Å². The fourth-order valence-corrected chi connectivity index (χ4v) is 3.87. The third-order valence-electron chi connectivity index (χ3n) is 3.69. The summed E-state index contributed by atoms with van der Waals surface area (Å²) in [6, 6.07) is 8.07. The Kier molecular flexibility index (Phi) is 5.27. The van der Waals surface area contributed by atoms with Crippen molar-refractivity contribution in [1.29, 1.82) is 0 Å². The van der Waals surface area contributed by atoms with E-state index >= 15 is 0 Å². The van der Waals surface area contributed by atoms with E-state index in [1.165, 1.54) is 17.3 Å². The lowest BCUT2D eigenvalue weighted by Gasteiger charge is -2.31. The number of piperidine rings is 1. The van der Waals surface area contributed by atoms with Gasteiger partial charge in [-0.3, -0.25) is 4.79 Å². The van der Waals surface area contributed by atoms with Crippen LogP contribution in [0.5, 0.6) is 0 Å². The number of nitrogens with zero attached hydrogens (tertiary/aromatic N) is 3. The van der Waals surface area contributed by atoms with Gasteiger partial charge in [0, 0.05) is 12.2 Å². The first-order valence-electron chi connectivity index (χ1n) is 7.53. The number of amides is 1. The molecule has 0 radical (unpaired) electrons. The molecule has 5 nitrogen and oxygen atoms in total. The Balaban J connectivity index is 1.70. The Hall–Kier alpha value is -1.47. The van der Waals surface area contributed by atoms with Crippen LogP contribution in [0.15, 0.2) is 33.9 Å². The zero-order valence-electron chi connectivity index (χ0n) is 13.2. The summed E-state index contributed by atoms with van der Waals surface area (Å²) in [5, 5.41) is 8.36. The van der Waals surface area contributed by atoms with Crippen molar-refractivity contribution in [2.75, 3.05) is 17.7 Å². The van der Waals surface area contributed by atoms with Gasteiger partial charge >= 0.3 is 0 Å². The van der Waals surface area contributed by atoms with E-state index in [0.717, 1.165) is 25.1 Å². The molecule has 1 aliphatic rings. The summed E-state index contributed by atoms with van der Waals surface area (Å²) in [5.41, 5.74) is 2.15. The minimum atomic E-state index is -0.160. The molecular weight excluding hydrogens is 330 g/mol. The van der Waals surface area contributed by atoms with Gasteiger partial charge in [0.25, 0.3) is 5.22 Å². The van der Waals surface area contributed by atoms with Gasteiger partial charge in [0.2, 0.25) is 11.8 Å². The quantitative estimate of drug-likeness (QED) is 0.823. The van der Waals surface area contributed by atoms with Gasteiger partial charge in [0.05, 0.1) is 11.0 Å². The van der Waals surface area contributed by atoms with Gasteiger partial charge < -0.3 is 9.32 Å². The summed E-state index contributed by atoms with van der Waals surface area (Å²) < 4.78 is 5.58. The van der Waals surface area contributed by atoms with Gasteiger partial charge in [0.1, 0.15) is 0 Å². The molecule has 1 aliphatic heterocycles. The molecule has 2 heterocycles. The van der Waals surface area contributed by atoms with Crippen LogP contribution in [0.2, 0.25) is 0 Å². The molecule has 0 saturated carbocycles. The molecule has 0 bridgehead atoms. The largest absolute Gasteiger partial charge is 0.415 e. The minimum absolute atomic E-state index is 0.120. The summed E-state index contributed by atoms with van der Waals surface area (Å²) in [4.78, 5) is 14.6. The van der Waals surface area contributed by atoms with Gasteiger partial charge in [0.15, 0.2) is 0 Å². The lowest BCUT2D eigenvalue weighted by Crippen LogP contribution is -2.42. The fraction of sp³-hybridized carbons (Fsp3) is 0.438. The summed E-state index contributed by atoms with van der Waals surface area (Å²) in [6.45, 7) is 2.81. The van der Waals surface area contributed by atoms with Gasteiger partial charge in [-0.05, 0) is 38.2 Å². The summed E-state index contributed by atoms with van der Waals surface area (Å²) in [5.74, 6) is 1.43. The molecule has 1 atom stereocenters. The van der Waals surface area contributed by atoms with Crippen LogP contribution in [0.25, 0.3) is 0 Å². The molecule has 0 aliphatic carbocycles. The molecule has 1 amide bonds. The highest BCUT2D eigenvalue weighted by Gasteiger charge is 2.31. The maximum atomic E-state index is 12.8. The van der Waals surface area contributed by atoms with E-state index in [-0.39, 0.29) is 11.2 Å². The Morgan fingerprint density at radius 1 is 1.30 bits per heavy atom. The van der Waals surface area contributed by atoms with E-state index in [1.807, 2.05) is 42.3 Å². The maximum absolute atomic E-state index is 12.8. The van der Waals surface area contributed by atoms with Crippen molar-refractivity contribution in [3.8, 4) is 0 Å². The van der Waals surface area contributed by atoms with Crippen molar-refractivity contribution in [2.45, 2.75) is 36.0 Å². The Morgan fingerprint density at radius 2 is 2.09 bits per heavy atom. The second kappa shape index (κ2) is 7.40. The van der Waals surface area contributed by atoms with E-state index in [0.29, 0.717) is 16.9 Å². The van der Waals surface area contributed by atoms with E-state index in [9.17, 15) is 4.79 Å². The van der Waals surface area contributed by atoms with E-state index < -0.39 is 0 Å². The van der Waals surface area contributed by atoms with Crippen LogP contribution < -0.4 is 4.90 Å². The Bertz CT molecular complexity index is 672. The van der Waals surface area contributed by atoms with Gasteiger partial charge in [-0.1, -0.05) is 29.5 Å². The number of aromatic nitrogens is 2. The maximum Gasteiger partial charge on any atom is 0.277 e. The summed E-state index contributed by atoms with van der Waals surface area (Å²) in [7, 11) is 0. The number of aryl methyl sites for hydroxylation is 1. The first-order valence-corrected chi connectivity index (χ1v) is 9.81. The molecular formula is C16H19N3O2S2. The van der Waals surface area contributed by atoms with Crippen molar-refractivity contribution in [3.63, 3.8) is 0 Å². The molecule has 3 rings (SSSR count). The highest BCUT2D eigenvalue weighted by molar-refractivity contribution is 8.00. The van der Waals surface area contributed by atoms with Crippen LogP contribution in [-0.4, -0.2) is 34.2 Å². The first kappa shape index (κ1) is 16.4. The number of rotatable bonds is 5. The fourth-order valence-electron chi connectivity index (χ4n) is 2.52. The molecule has 7 heteroatoms. The number of benzene rings is 1. The zero-order valence-corrected chi connectivity index (χ0v) is 14.8. The molecule has 1 aromatic heterocycles. The monoisotopic (exact) mass is 349 g/mol. The number of thioether (sulfide) groups is 2. The molecule has 122 valence electrons. The van der Waals surface area contributed by atoms with Crippen molar-refractivity contribution >= 4 is 35.1 Å². The van der Waals surface area contributed by atoms with Crippen LogP contribution in [0.1, 0.15) is 24.3 Å². The van der Waals surface area contributed by atoms with E-state index in [2.05, 4.69) is 10.2 Å². The van der Waals surface area contributed by atoms with E-state index in [1.54, 1.807) is 11.8 Å². The molecule has 1 saturated heterocycles. The number of anilines is 1. The first-order chi connectivity index (χ1) is 11.2. The number of carbonyl (C=O) groups excluding carboxylic acids is 1. The van der Waals surface area contributed by atoms with Crippen molar-refractivity contribution in [2.24, 2.45) is 0 Å². The predicted octanol–water partition coefficient (Wildman–Crippen LogP) is 3.53. The highest BCUT2D eigenvalue weighted by atomic mass is 32.2. The standard InChI is InChI=1S/C16H19N3O2S2/c1-11-5-7-12(8-6-11)19-9-3-4-13(15(19)20)23-16-18-17-14(21-16)10-22-2/h5-8,13H,3-4,9-10H2,1-2H3. The Morgan fingerprint density at radius 3 is 2.83 bits per heavy atom. The van der Waals surface area contributed by atoms with E-state index in [4.69, 9.17) is 4.42 Å². The van der Waals surface area contributed by atoms with Gasteiger partial charge in [-0.25, -0.2) is 0 Å². The lowest BCUT2D eigenvalue weighted by molar-refractivity contribution is -0.119. The molecule has 1 aromatic carbocycles. The normalized spacial score (nSPS) is 18.4. The molecule has 2 aromatic rings. The number of hydrogen-bond donors (Lipinski definition) is 0. The molecule has 0 N–H and O–H groups in total. The highest BCUT2D eigenvalue weighted by Crippen LogP contribution is 2.32. The van der Waals surface area contributed by atoms with Crippen molar-refractivity contribution < 1.29 is 9.21 Å². The average Bonchev–Trinajstić information content (AvgIpc) is 2.98. The predicted molar refractivity (Wildman–Crippen MR) is 93.9 cm³/mol. The average molecular weight is 349 g/mol. The van der Waals surface area contributed by atoms with Crippen molar-refractivity contribution in [3.05, 3.63) is 35.7 Å². The molecule has 0 spiro atoms. The SMILES string of the molecule is CSCc1nnc(SC2CCCN(c3ccc(C)cc3)C2=O)o1. The van der Waals surface area contributed by atoms with Crippen molar-refractivity contribution in [1.82, 2.24) is 10.2 Å². The molecule has 23 heavy (non-hydrogen) atoms. The van der Waals surface area contributed by atoms with Crippen LogP contribution in [-0.2, 0) is 10.5 Å². The number of hydrogen-bond acceptors (Lipinski definition) is 6. The van der Waals surface area contributed by atoms with Crippen LogP contribution in [0, 0.1) is 6.92 Å².